The van der Waals surface area contributed by atoms with E-state index in [1.807, 2.05) is 13.8 Å². The van der Waals surface area contributed by atoms with Crippen LogP contribution in [0.4, 0.5) is 0 Å². The Hall–Kier alpha value is -4.27. The molecule has 0 aliphatic heterocycles. The molecular weight excluding hydrogens is 635 g/mol. The number of hydrogen-bond acceptors (Lipinski definition) is 8. The molecule has 0 aliphatic rings. The lowest BCUT2D eigenvalue weighted by molar-refractivity contribution is -0.140. The standard InChI is InChI=1S/C30H47N6O10P/c1-5-6-7-8-15-36(18-27(39)34-24(28(32)40)16-19(2)3)30(42)23(13-14-26(31)38)35-29(41)25(33-20(4)37)17-21-9-11-22(12-10-21)46-47(43,44)45/h5,9-12,19,23-25H,1,6-8,13-18H2,2-4H3,(H2,31,38)(H2,32,40)(H,33,37)(H,34,39)(H,35,41)(H2,43,44,45)/t23-,24-,25-/m0/s1. The van der Waals surface area contributed by atoms with Gasteiger partial charge in [-0.15, -0.1) is 6.58 Å². The Morgan fingerprint density at radius 2 is 1.62 bits per heavy atom. The van der Waals surface area contributed by atoms with Gasteiger partial charge in [0.25, 0.3) is 0 Å². The number of nitrogens with one attached hydrogen (secondary N) is 3. The van der Waals surface area contributed by atoms with E-state index in [9.17, 15) is 33.3 Å². The lowest BCUT2D eigenvalue weighted by atomic mass is 10.0. The van der Waals surface area contributed by atoms with Crippen molar-refractivity contribution in [3.8, 4) is 5.75 Å². The topological polar surface area (TPSA) is 261 Å². The minimum atomic E-state index is -4.79. The zero-order chi connectivity index (χ0) is 35.7. The van der Waals surface area contributed by atoms with E-state index in [-0.39, 0.29) is 43.9 Å². The Labute approximate surface area is 274 Å². The molecule has 6 amide bonds. The first-order valence-electron chi connectivity index (χ1n) is 15.1. The second kappa shape index (κ2) is 20.1. The molecule has 0 aromatic heterocycles. The van der Waals surface area contributed by atoms with Crippen LogP contribution in [0.25, 0.3) is 0 Å². The quantitative estimate of drug-likeness (QED) is 0.0495. The predicted molar refractivity (Wildman–Crippen MR) is 172 cm³/mol. The van der Waals surface area contributed by atoms with Gasteiger partial charge in [0, 0.05) is 26.3 Å². The van der Waals surface area contributed by atoms with E-state index in [4.69, 9.17) is 21.3 Å². The van der Waals surface area contributed by atoms with Crippen LogP contribution < -0.4 is 31.9 Å². The maximum absolute atomic E-state index is 13.8. The molecule has 0 fully saturated rings. The molecule has 1 rings (SSSR count). The molecule has 262 valence electrons. The van der Waals surface area contributed by atoms with Gasteiger partial charge >= 0.3 is 7.82 Å². The lowest BCUT2D eigenvalue weighted by Crippen LogP contribution is -2.56. The third-order valence-corrected chi connectivity index (χ3v) is 7.14. The van der Waals surface area contributed by atoms with Gasteiger partial charge in [0.15, 0.2) is 0 Å². The molecule has 0 heterocycles. The number of carbonyl (C=O) groups excluding carboxylic acids is 6. The molecule has 0 unspecified atom stereocenters. The molecule has 17 heteroatoms. The van der Waals surface area contributed by atoms with Crippen molar-refractivity contribution in [1.29, 1.82) is 0 Å². The maximum atomic E-state index is 13.8. The Bertz CT molecular complexity index is 1300. The van der Waals surface area contributed by atoms with E-state index < -0.39 is 67.9 Å². The number of hydrogen-bond donors (Lipinski definition) is 7. The number of amides is 6. The summed E-state index contributed by atoms with van der Waals surface area (Å²) in [6.07, 6.45) is 3.19. The number of primary amides is 2. The molecule has 1 aromatic rings. The SMILES string of the molecule is C=CCCCCN(CC(=O)N[C@@H](CC(C)C)C(N)=O)C(=O)[C@H](CCC(N)=O)NC(=O)[C@H](Cc1ccc(OP(=O)(O)O)cc1)NC(C)=O. The van der Waals surface area contributed by atoms with E-state index in [2.05, 4.69) is 27.1 Å². The number of nitrogens with zero attached hydrogens (tertiary/aromatic N) is 1. The minimum absolute atomic E-state index is 0.0420. The molecule has 9 N–H and O–H groups in total. The fourth-order valence-electron chi connectivity index (χ4n) is 4.54. The minimum Gasteiger partial charge on any atom is -0.404 e. The summed E-state index contributed by atoms with van der Waals surface area (Å²) in [4.78, 5) is 95.1. The molecule has 0 spiro atoms. The number of unbranched alkanes of at least 4 members (excludes halogenated alkanes) is 2. The molecule has 16 nitrogen and oxygen atoms in total. The highest BCUT2D eigenvalue weighted by Crippen LogP contribution is 2.37. The van der Waals surface area contributed by atoms with Crippen LogP contribution in [0.5, 0.6) is 5.75 Å². The first-order chi connectivity index (χ1) is 21.9. The molecule has 1 aromatic carbocycles. The zero-order valence-corrected chi connectivity index (χ0v) is 27.9. The zero-order valence-electron chi connectivity index (χ0n) is 27.0. The van der Waals surface area contributed by atoms with E-state index >= 15 is 0 Å². The molecule has 3 atom stereocenters. The number of carbonyl (C=O) groups is 6. The van der Waals surface area contributed by atoms with Crippen molar-refractivity contribution in [1.82, 2.24) is 20.9 Å². The van der Waals surface area contributed by atoms with Crippen molar-refractivity contribution in [3.05, 3.63) is 42.5 Å². The first kappa shape index (κ1) is 40.8. The number of benzene rings is 1. The van der Waals surface area contributed by atoms with Gasteiger partial charge in [-0.05, 0) is 55.7 Å². The van der Waals surface area contributed by atoms with Crippen LogP contribution in [-0.2, 0) is 39.8 Å². The van der Waals surface area contributed by atoms with Crippen LogP contribution in [0, 0.1) is 5.92 Å². The van der Waals surface area contributed by atoms with Gasteiger partial charge in [-0.25, -0.2) is 4.57 Å². The molecular formula is C30H47N6O10P. The average Bonchev–Trinajstić information content (AvgIpc) is 2.95. The van der Waals surface area contributed by atoms with Gasteiger partial charge in [0.2, 0.25) is 35.4 Å². The predicted octanol–water partition coefficient (Wildman–Crippen LogP) is 0.157. The summed E-state index contributed by atoms with van der Waals surface area (Å²) in [5.41, 5.74) is 11.3. The largest absolute Gasteiger partial charge is 0.524 e. The molecule has 0 saturated heterocycles. The number of rotatable bonds is 22. The first-order valence-corrected chi connectivity index (χ1v) is 16.6. The van der Waals surface area contributed by atoms with Crippen molar-refractivity contribution in [2.75, 3.05) is 13.1 Å². The van der Waals surface area contributed by atoms with Gasteiger partial charge in [-0.2, -0.15) is 0 Å². The van der Waals surface area contributed by atoms with Gasteiger partial charge < -0.3 is 36.8 Å². The second-order valence-corrected chi connectivity index (χ2v) is 12.6. The normalized spacial score (nSPS) is 13.1. The van der Waals surface area contributed by atoms with Crippen molar-refractivity contribution >= 4 is 43.3 Å². The number of phosphoric ester groups is 1. The number of allylic oxidation sites excluding steroid dienone is 1. The van der Waals surface area contributed by atoms with Crippen molar-refractivity contribution in [2.45, 2.75) is 83.8 Å². The van der Waals surface area contributed by atoms with Gasteiger partial charge in [0.05, 0.1) is 6.54 Å². The van der Waals surface area contributed by atoms with E-state index in [1.54, 1.807) is 6.08 Å². The summed E-state index contributed by atoms with van der Waals surface area (Å²) < 4.78 is 15.6. The highest BCUT2D eigenvalue weighted by molar-refractivity contribution is 7.46. The summed E-state index contributed by atoms with van der Waals surface area (Å²) in [6.45, 7) is 8.21. The van der Waals surface area contributed by atoms with E-state index in [0.29, 0.717) is 24.8 Å². The Balaban J connectivity index is 3.27. The van der Waals surface area contributed by atoms with E-state index in [0.717, 1.165) is 0 Å². The third kappa shape index (κ3) is 17.3. The molecule has 0 radical (unpaired) electrons. The summed E-state index contributed by atoms with van der Waals surface area (Å²) in [5, 5.41) is 7.65. The number of phosphoric acid groups is 1. The molecule has 0 bridgehead atoms. The summed E-state index contributed by atoms with van der Waals surface area (Å²) in [6, 6.07) is 1.93. The maximum Gasteiger partial charge on any atom is 0.524 e. The summed E-state index contributed by atoms with van der Waals surface area (Å²) >= 11 is 0. The summed E-state index contributed by atoms with van der Waals surface area (Å²) in [7, 11) is -4.79. The monoisotopic (exact) mass is 682 g/mol. The van der Waals surface area contributed by atoms with Crippen LogP contribution >= 0.6 is 7.82 Å². The molecule has 0 saturated carbocycles. The second-order valence-electron chi connectivity index (χ2n) is 11.4. The molecule has 47 heavy (non-hydrogen) atoms. The summed E-state index contributed by atoms with van der Waals surface area (Å²) in [5.74, 6) is -4.21. The van der Waals surface area contributed by atoms with Crippen LogP contribution in [0.3, 0.4) is 0 Å². The van der Waals surface area contributed by atoms with Gasteiger partial charge in [-0.1, -0.05) is 32.1 Å². The Kier molecular flexibility index (Phi) is 17.4. The fourth-order valence-corrected chi connectivity index (χ4v) is 4.94. The van der Waals surface area contributed by atoms with Crippen LogP contribution in [-0.4, -0.2) is 81.3 Å². The van der Waals surface area contributed by atoms with Crippen molar-refractivity contribution in [3.63, 3.8) is 0 Å². The highest BCUT2D eigenvalue weighted by Gasteiger charge is 2.31. The van der Waals surface area contributed by atoms with Crippen LogP contribution in [0.2, 0.25) is 0 Å². The van der Waals surface area contributed by atoms with Crippen molar-refractivity contribution in [2.24, 2.45) is 17.4 Å². The van der Waals surface area contributed by atoms with Gasteiger partial charge in [-0.3, -0.25) is 38.6 Å². The lowest BCUT2D eigenvalue weighted by Gasteiger charge is -2.29. The molecule has 0 aliphatic carbocycles. The third-order valence-electron chi connectivity index (χ3n) is 6.69. The Morgan fingerprint density at radius 1 is 0.979 bits per heavy atom. The van der Waals surface area contributed by atoms with Crippen molar-refractivity contribution < 1.29 is 47.6 Å². The number of nitrogens with two attached hydrogens (primary N) is 2. The van der Waals surface area contributed by atoms with Crippen LogP contribution in [0.1, 0.15) is 64.9 Å². The van der Waals surface area contributed by atoms with Crippen LogP contribution in [0.15, 0.2) is 36.9 Å². The Morgan fingerprint density at radius 3 is 2.13 bits per heavy atom. The average molecular weight is 683 g/mol. The fraction of sp³-hybridized carbons (Fsp3) is 0.533. The van der Waals surface area contributed by atoms with Gasteiger partial charge in [0.1, 0.15) is 23.9 Å². The highest BCUT2D eigenvalue weighted by atomic mass is 31.2. The smallest absolute Gasteiger partial charge is 0.404 e. The van der Waals surface area contributed by atoms with E-state index in [1.165, 1.54) is 36.1 Å².